The Hall–Kier alpha value is -2.11. The number of aliphatic carboxylic acids is 1. The molecule has 1 rings (SSSR count). The highest BCUT2D eigenvalue weighted by Gasteiger charge is 2.21. The first-order valence-corrected chi connectivity index (χ1v) is 5.12. The Morgan fingerprint density at radius 1 is 1.71 bits per heavy atom. The van der Waals surface area contributed by atoms with Crippen LogP contribution in [-0.2, 0) is 4.79 Å². The Labute approximate surface area is 98.3 Å². The minimum Gasteiger partial charge on any atom is -0.480 e. The van der Waals surface area contributed by atoms with Crippen molar-refractivity contribution in [2.75, 3.05) is 0 Å². The van der Waals surface area contributed by atoms with Crippen LogP contribution in [0.4, 0.5) is 0 Å². The summed E-state index contributed by atoms with van der Waals surface area (Å²) < 4.78 is 4.74. The summed E-state index contributed by atoms with van der Waals surface area (Å²) in [5, 5.41) is 14.8. The highest BCUT2D eigenvalue weighted by molar-refractivity contribution is 5.94. The maximum absolute atomic E-state index is 11.6. The van der Waals surface area contributed by atoms with E-state index in [1.165, 1.54) is 6.07 Å². The van der Waals surface area contributed by atoms with E-state index in [1.54, 1.807) is 13.0 Å². The van der Waals surface area contributed by atoms with E-state index in [4.69, 9.17) is 9.63 Å². The third-order valence-corrected chi connectivity index (χ3v) is 2.11. The van der Waals surface area contributed by atoms with Gasteiger partial charge in [0.05, 0.1) is 5.69 Å². The molecule has 1 atom stereocenters. The van der Waals surface area contributed by atoms with Crippen LogP contribution in [0.5, 0.6) is 0 Å². The lowest BCUT2D eigenvalue weighted by Crippen LogP contribution is -2.40. The summed E-state index contributed by atoms with van der Waals surface area (Å²) in [6.45, 7) is 5.17. The molecule has 0 aliphatic carbocycles. The van der Waals surface area contributed by atoms with E-state index in [0.29, 0.717) is 12.1 Å². The summed E-state index contributed by atoms with van der Waals surface area (Å²) in [5.41, 5.74) is 0.563. The second kappa shape index (κ2) is 5.83. The average molecular weight is 238 g/mol. The van der Waals surface area contributed by atoms with Crippen molar-refractivity contribution < 1.29 is 19.2 Å². The third-order valence-electron chi connectivity index (χ3n) is 2.11. The molecule has 2 N–H and O–H groups in total. The zero-order valence-electron chi connectivity index (χ0n) is 9.47. The number of carbonyl (C=O) groups is 2. The maximum Gasteiger partial charge on any atom is 0.326 e. The molecule has 0 spiro atoms. The second-order valence-electron chi connectivity index (χ2n) is 3.56. The molecule has 0 aromatic carbocycles. The van der Waals surface area contributed by atoms with Gasteiger partial charge in [-0.25, -0.2) is 4.79 Å². The van der Waals surface area contributed by atoms with Crippen LogP contribution in [0.3, 0.4) is 0 Å². The van der Waals surface area contributed by atoms with Crippen molar-refractivity contribution in [2.45, 2.75) is 25.8 Å². The molecule has 0 radical (unpaired) electrons. The van der Waals surface area contributed by atoms with Crippen LogP contribution in [0.1, 0.15) is 29.1 Å². The van der Waals surface area contributed by atoms with Crippen LogP contribution in [0, 0.1) is 6.92 Å². The van der Waals surface area contributed by atoms with Gasteiger partial charge in [-0.3, -0.25) is 4.79 Å². The first kappa shape index (κ1) is 13.0. The minimum atomic E-state index is -1.09. The standard InChI is InChI=1S/C11H14N2O4/c1-3-4-5-8(11(15)16)12-10(14)9-6-7(2)13-17-9/h3,6,8H,1,4-5H2,2H3,(H,12,14)(H,15,16). The number of aromatic nitrogens is 1. The molecule has 1 heterocycles. The largest absolute Gasteiger partial charge is 0.480 e. The number of hydrogen-bond donors (Lipinski definition) is 2. The van der Waals surface area contributed by atoms with Gasteiger partial charge in [-0.1, -0.05) is 11.2 Å². The maximum atomic E-state index is 11.6. The van der Waals surface area contributed by atoms with Gasteiger partial charge in [-0.2, -0.15) is 0 Å². The summed E-state index contributed by atoms with van der Waals surface area (Å²) >= 11 is 0. The number of carboxylic acids is 1. The van der Waals surface area contributed by atoms with Gasteiger partial charge >= 0.3 is 5.97 Å². The Morgan fingerprint density at radius 3 is 2.88 bits per heavy atom. The molecule has 17 heavy (non-hydrogen) atoms. The van der Waals surface area contributed by atoms with Crippen LogP contribution < -0.4 is 5.32 Å². The number of rotatable bonds is 6. The molecular formula is C11H14N2O4. The van der Waals surface area contributed by atoms with E-state index in [1.807, 2.05) is 0 Å². The van der Waals surface area contributed by atoms with Crippen LogP contribution in [-0.4, -0.2) is 28.2 Å². The van der Waals surface area contributed by atoms with Crippen molar-refractivity contribution in [2.24, 2.45) is 0 Å². The van der Waals surface area contributed by atoms with Crippen LogP contribution in [0.2, 0.25) is 0 Å². The van der Waals surface area contributed by atoms with Gasteiger partial charge in [0.15, 0.2) is 0 Å². The van der Waals surface area contributed by atoms with E-state index < -0.39 is 17.9 Å². The molecule has 0 aliphatic rings. The lowest BCUT2D eigenvalue weighted by Gasteiger charge is -2.11. The van der Waals surface area contributed by atoms with Gasteiger partial charge in [0, 0.05) is 6.07 Å². The summed E-state index contributed by atoms with van der Waals surface area (Å²) in [6, 6.07) is 0.493. The summed E-state index contributed by atoms with van der Waals surface area (Å²) in [4.78, 5) is 22.5. The zero-order valence-corrected chi connectivity index (χ0v) is 9.47. The number of carbonyl (C=O) groups excluding carboxylic acids is 1. The van der Waals surface area contributed by atoms with E-state index in [2.05, 4.69) is 17.1 Å². The monoisotopic (exact) mass is 238 g/mol. The number of hydrogen-bond acceptors (Lipinski definition) is 4. The normalized spacial score (nSPS) is 11.8. The van der Waals surface area contributed by atoms with Crippen molar-refractivity contribution >= 4 is 11.9 Å². The molecule has 0 aliphatic heterocycles. The van der Waals surface area contributed by atoms with E-state index >= 15 is 0 Å². The summed E-state index contributed by atoms with van der Waals surface area (Å²) in [5.74, 6) is -1.66. The molecule has 0 saturated carbocycles. The fraction of sp³-hybridized carbons (Fsp3) is 0.364. The van der Waals surface area contributed by atoms with Crippen LogP contribution >= 0.6 is 0 Å². The van der Waals surface area contributed by atoms with Gasteiger partial charge in [-0.05, 0) is 19.8 Å². The van der Waals surface area contributed by atoms with E-state index in [0.717, 1.165) is 0 Å². The lowest BCUT2D eigenvalue weighted by atomic mass is 10.1. The SMILES string of the molecule is C=CCCC(NC(=O)c1cc(C)no1)C(=O)O. The topological polar surface area (TPSA) is 92.4 Å². The number of nitrogens with zero attached hydrogens (tertiary/aromatic N) is 1. The van der Waals surface area contributed by atoms with E-state index in [9.17, 15) is 9.59 Å². The number of aryl methyl sites for hydroxylation is 1. The molecule has 1 aromatic heterocycles. The molecule has 1 amide bonds. The Bertz CT molecular complexity index is 425. The fourth-order valence-electron chi connectivity index (χ4n) is 1.24. The van der Waals surface area contributed by atoms with Gasteiger partial charge in [0.1, 0.15) is 6.04 Å². The van der Waals surface area contributed by atoms with Gasteiger partial charge < -0.3 is 14.9 Å². The Kier molecular flexibility index (Phi) is 4.45. The van der Waals surface area contributed by atoms with Crippen LogP contribution in [0.15, 0.2) is 23.2 Å². The summed E-state index contributed by atoms with van der Waals surface area (Å²) in [7, 11) is 0. The predicted octanol–water partition coefficient (Wildman–Crippen LogP) is 1.13. The summed E-state index contributed by atoms with van der Waals surface area (Å²) in [6.07, 6.45) is 2.39. The van der Waals surface area contributed by atoms with Crippen molar-refractivity contribution in [3.05, 3.63) is 30.2 Å². The molecular weight excluding hydrogens is 224 g/mol. The predicted molar refractivity (Wildman–Crippen MR) is 59.6 cm³/mol. The number of carboxylic acid groups (broad SMARTS) is 1. The molecule has 0 fully saturated rings. The number of allylic oxidation sites excluding steroid dienone is 1. The highest BCUT2D eigenvalue weighted by Crippen LogP contribution is 2.04. The van der Waals surface area contributed by atoms with Gasteiger partial charge in [0.2, 0.25) is 5.76 Å². The molecule has 92 valence electrons. The van der Waals surface area contributed by atoms with Crippen molar-refractivity contribution in [1.82, 2.24) is 10.5 Å². The quantitative estimate of drug-likeness (QED) is 0.725. The van der Waals surface area contributed by atoms with Crippen molar-refractivity contribution in [3.8, 4) is 0 Å². The Morgan fingerprint density at radius 2 is 2.41 bits per heavy atom. The molecule has 0 saturated heterocycles. The van der Waals surface area contributed by atoms with Gasteiger partial charge in [-0.15, -0.1) is 6.58 Å². The first-order chi connectivity index (χ1) is 8.04. The molecule has 1 unspecified atom stereocenters. The van der Waals surface area contributed by atoms with Crippen LogP contribution in [0.25, 0.3) is 0 Å². The molecule has 6 heteroatoms. The zero-order chi connectivity index (χ0) is 12.8. The molecule has 6 nitrogen and oxygen atoms in total. The van der Waals surface area contributed by atoms with Crippen molar-refractivity contribution in [1.29, 1.82) is 0 Å². The average Bonchev–Trinajstić information content (AvgIpc) is 2.70. The van der Waals surface area contributed by atoms with E-state index in [-0.39, 0.29) is 12.2 Å². The number of amides is 1. The number of nitrogens with one attached hydrogen (secondary N) is 1. The molecule has 0 bridgehead atoms. The second-order valence-corrected chi connectivity index (χ2v) is 3.56. The molecule has 1 aromatic rings. The highest BCUT2D eigenvalue weighted by atomic mass is 16.5. The van der Waals surface area contributed by atoms with Crippen molar-refractivity contribution in [3.63, 3.8) is 0 Å². The minimum absolute atomic E-state index is 0.00681. The smallest absolute Gasteiger partial charge is 0.326 e. The Balaban J connectivity index is 2.63. The third kappa shape index (κ3) is 3.75. The fourth-order valence-corrected chi connectivity index (χ4v) is 1.24. The van der Waals surface area contributed by atoms with Gasteiger partial charge in [0.25, 0.3) is 5.91 Å². The lowest BCUT2D eigenvalue weighted by molar-refractivity contribution is -0.139. The first-order valence-electron chi connectivity index (χ1n) is 5.12.